The van der Waals surface area contributed by atoms with Crippen LogP contribution in [0.5, 0.6) is 0 Å². The van der Waals surface area contributed by atoms with E-state index in [1.54, 1.807) is 0 Å². The van der Waals surface area contributed by atoms with Gasteiger partial charge in [-0.05, 0) is 69.8 Å². The van der Waals surface area contributed by atoms with Crippen molar-refractivity contribution in [3.8, 4) is 5.69 Å². The molecule has 0 bridgehead atoms. The van der Waals surface area contributed by atoms with Gasteiger partial charge in [0.05, 0.1) is 11.3 Å². The van der Waals surface area contributed by atoms with Crippen LogP contribution in [0.2, 0.25) is 0 Å². The monoisotopic (exact) mass is 376 g/mol. The molecular formula is C23H28N4O. The number of carbonyl (C=O) groups is 1. The van der Waals surface area contributed by atoms with E-state index in [2.05, 4.69) is 34.9 Å². The summed E-state index contributed by atoms with van der Waals surface area (Å²) in [6, 6.07) is 14.4. The average Bonchev–Trinajstić information content (AvgIpc) is 3.12. The lowest BCUT2D eigenvalue weighted by atomic mass is 9.92. The molecule has 4 rings (SSSR count). The second-order valence-electron chi connectivity index (χ2n) is 8.66. The zero-order valence-electron chi connectivity index (χ0n) is 16.8. The molecule has 1 aliphatic heterocycles. The molecule has 1 saturated heterocycles. The third-order valence-corrected chi connectivity index (χ3v) is 5.20. The first-order valence-corrected chi connectivity index (χ1v) is 10.0. The fourth-order valence-corrected chi connectivity index (χ4v) is 3.80. The first-order valence-electron chi connectivity index (χ1n) is 10.0. The van der Waals surface area contributed by atoms with Crippen LogP contribution >= 0.6 is 0 Å². The number of nitrogens with zero attached hydrogens (tertiary/aromatic N) is 2. The molecule has 1 atom stereocenters. The summed E-state index contributed by atoms with van der Waals surface area (Å²) < 4.78 is 1.86. The summed E-state index contributed by atoms with van der Waals surface area (Å²) in [5.41, 5.74) is 3.43. The van der Waals surface area contributed by atoms with Gasteiger partial charge >= 0.3 is 0 Å². The highest BCUT2D eigenvalue weighted by atomic mass is 16.1. The summed E-state index contributed by atoms with van der Waals surface area (Å²) in [5.74, 6) is 0.496. The van der Waals surface area contributed by atoms with Crippen LogP contribution < -0.4 is 10.6 Å². The summed E-state index contributed by atoms with van der Waals surface area (Å²) in [4.78, 5) is 12.7. The fraction of sp³-hybridized carbons (Fsp3) is 0.391. The minimum Gasteiger partial charge on any atom is -0.347 e. The lowest BCUT2D eigenvalue weighted by Gasteiger charge is -2.23. The Morgan fingerprint density at radius 2 is 1.96 bits per heavy atom. The van der Waals surface area contributed by atoms with Gasteiger partial charge in [0.2, 0.25) is 0 Å². The Morgan fingerprint density at radius 3 is 2.64 bits per heavy atom. The van der Waals surface area contributed by atoms with Crippen LogP contribution in [-0.2, 0) is 0 Å². The van der Waals surface area contributed by atoms with E-state index in [0.29, 0.717) is 11.5 Å². The number of fused-ring (bicyclic) bond motifs is 1. The van der Waals surface area contributed by atoms with E-state index < -0.39 is 0 Å². The van der Waals surface area contributed by atoms with Crippen LogP contribution in [0.1, 0.15) is 55.5 Å². The number of rotatable bonds is 3. The lowest BCUT2D eigenvalue weighted by molar-refractivity contribution is 0.0921. The third-order valence-electron chi connectivity index (χ3n) is 5.20. The van der Waals surface area contributed by atoms with Gasteiger partial charge in [0.1, 0.15) is 5.52 Å². The second-order valence-corrected chi connectivity index (χ2v) is 8.66. The number of nitrogens with one attached hydrogen (secondary N) is 2. The first-order chi connectivity index (χ1) is 13.4. The summed E-state index contributed by atoms with van der Waals surface area (Å²) in [5, 5.41) is 12.2. The molecule has 146 valence electrons. The predicted molar refractivity (Wildman–Crippen MR) is 113 cm³/mol. The average molecular weight is 377 g/mol. The van der Waals surface area contributed by atoms with E-state index in [9.17, 15) is 4.79 Å². The third kappa shape index (κ3) is 3.94. The number of carbonyl (C=O) groups excluding carboxylic acids is 1. The van der Waals surface area contributed by atoms with Crippen LogP contribution in [0.25, 0.3) is 16.6 Å². The molecule has 1 amide bonds. The minimum atomic E-state index is -0.286. The maximum atomic E-state index is 12.7. The Hall–Kier alpha value is -2.66. The number of hydrogen-bond donors (Lipinski definition) is 2. The van der Waals surface area contributed by atoms with Crippen LogP contribution in [0.15, 0.2) is 48.7 Å². The lowest BCUT2D eigenvalue weighted by Crippen LogP contribution is -2.40. The normalized spacial score (nSPS) is 17.6. The molecule has 3 aromatic rings. The van der Waals surface area contributed by atoms with Crippen molar-refractivity contribution in [1.82, 2.24) is 20.4 Å². The van der Waals surface area contributed by atoms with Gasteiger partial charge in [-0.25, -0.2) is 4.68 Å². The smallest absolute Gasteiger partial charge is 0.253 e. The first kappa shape index (κ1) is 18.7. The highest BCUT2D eigenvalue weighted by molar-refractivity contribution is 6.05. The Labute approximate surface area is 166 Å². The van der Waals surface area contributed by atoms with E-state index in [-0.39, 0.29) is 11.4 Å². The summed E-state index contributed by atoms with van der Waals surface area (Å²) in [7, 11) is 0. The SMILES string of the molecule is CC(C)(C)NC(=O)c1cccc2cn(-c3ccc([C@@H]4CCCNC4)cc3)nc12. The molecule has 0 aliphatic carbocycles. The van der Waals surface area contributed by atoms with Crippen molar-refractivity contribution < 1.29 is 4.79 Å². The number of piperidine rings is 1. The maximum Gasteiger partial charge on any atom is 0.253 e. The summed E-state index contributed by atoms with van der Waals surface area (Å²) in [6.07, 6.45) is 4.46. The maximum absolute atomic E-state index is 12.7. The molecule has 0 spiro atoms. The molecule has 2 aromatic carbocycles. The van der Waals surface area contributed by atoms with Gasteiger partial charge in [-0.15, -0.1) is 0 Å². The van der Waals surface area contributed by atoms with Crippen molar-refractivity contribution >= 4 is 16.8 Å². The van der Waals surface area contributed by atoms with E-state index in [4.69, 9.17) is 5.10 Å². The van der Waals surface area contributed by atoms with Crippen molar-refractivity contribution in [2.45, 2.75) is 45.1 Å². The zero-order chi connectivity index (χ0) is 19.7. The van der Waals surface area contributed by atoms with E-state index >= 15 is 0 Å². The van der Waals surface area contributed by atoms with E-state index in [0.717, 1.165) is 29.7 Å². The van der Waals surface area contributed by atoms with Crippen LogP contribution in [-0.4, -0.2) is 34.3 Å². The van der Waals surface area contributed by atoms with Gasteiger partial charge in [-0.2, -0.15) is 5.10 Å². The van der Waals surface area contributed by atoms with Gasteiger partial charge in [-0.3, -0.25) is 4.79 Å². The van der Waals surface area contributed by atoms with Crippen molar-refractivity contribution in [2.75, 3.05) is 13.1 Å². The molecule has 28 heavy (non-hydrogen) atoms. The molecule has 0 unspecified atom stereocenters. The topological polar surface area (TPSA) is 59.0 Å². The Balaban J connectivity index is 1.63. The quantitative estimate of drug-likeness (QED) is 0.726. The number of aromatic nitrogens is 2. The van der Waals surface area contributed by atoms with Crippen LogP contribution in [0, 0.1) is 0 Å². The number of amides is 1. The molecule has 5 heteroatoms. The van der Waals surface area contributed by atoms with Gasteiger partial charge in [0.25, 0.3) is 5.91 Å². The fourth-order valence-electron chi connectivity index (χ4n) is 3.80. The predicted octanol–water partition coefficient (Wildman–Crippen LogP) is 4.02. The highest BCUT2D eigenvalue weighted by Gasteiger charge is 2.19. The largest absolute Gasteiger partial charge is 0.347 e. The van der Waals surface area contributed by atoms with Crippen LogP contribution in [0.4, 0.5) is 0 Å². The molecule has 5 nitrogen and oxygen atoms in total. The highest BCUT2D eigenvalue weighted by Crippen LogP contribution is 2.25. The van der Waals surface area contributed by atoms with Gasteiger partial charge in [0.15, 0.2) is 0 Å². The molecule has 2 N–H and O–H groups in total. The Kier molecular flexibility index (Phi) is 4.94. The number of benzene rings is 2. The second kappa shape index (κ2) is 7.40. The van der Waals surface area contributed by atoms with Crippen molar-refractivity contribution in [3.63, 3.8) is 0 Å². The van der Waals surface area contributed by atoms with Gasteiger partial charge in [-0.1, -0.05) is 24.3 Å². The molecular weight excluding hydrogens is 348 g/mol. The molecule has 0 radical (unpaired) electrons. The Bertz CT molecular complexity index is 976. The van der Waals surface area contributed by atoms with Gasteiger partial charge < -0.3 is 10.6 Å². The summed E-state index contributed by atoms with van der Waals surface area (Å²) >= 11 is 0. The molecule has 2 heterocycles. The van der Waals surface area contributed by atoms with Crippen LogP contribution in [0.3, 0.4) is 0 Å². The molecule has 1 fully saturated rings. The minimum absolute atomic E-state index is 0.0940. The van der Waals surface area contributed by atoms with Crippen molar-refractivity contribution in [3.05, 3.63) is 59.8 Å². The van der Waals surface area contributed by atoms with Crippen molar-refractivity contribution in [2.24, 2.45) is 0 Å². The Morgan fingerprint density at radius 1 is 1.18 bits per heavy atom. The zero-order valence-corrected chi connectivity index (χ0v) is 16.8. The van der Waals surface area contributed by atoms with Crippen molar-refractivity contribution in [1.29, 1.82) is 0 Å². The number of hydrogen-bond acceptors (Lipinski definition) is 3. The molecule has 1 aromatic heterocycles. The standard InChI is InChI=1S/C23H28N4O/c1-23(2,3)25-22(28)20-8-4-6-18-15-27(26-21(18)20)19-11-9-16(10-12-19)17-7-5-13-24-14-17/h4,6,8-12,15,17,24H,5,7,13-14H2,1-3H3,(H,25,28)/t17-/m1/s1. The molecule has 0 saturated carbocycles. The summed E-state index contributed by atoms with van der Waals surface area (Å²) in [6.45, 7) is 8.12. The van der Waals surface area contributed by atoms with Gasteiger partial charge in [0, 0.05) is 23.7 Å². The van der Waals surface area contributed by atoms with E-state index in [1.165, 1.54) is 18.4 Å². The van der Waals surface area contributed by atoms with E-state index in [1.807, 2.05) is 49.8 Å². The molecule has 1 aliphatic rings.